The van der Waals surface area contributed by atoms with Gasteiger partial charge >= 0.3 is 11.9 Å². The van der Waals surface area contributed by atoms with Crippen molar-refractivity contribution >= 4 is 51.1 Å². The summed E-state index contributed by atoms with van der Waals surface area (Å²) in [7, 11) is -4.42. The molecule has 3 rings (SSSR count). The quantitative estimate of drug-likeness (QED) is 0.554. The summed E-state index contributed by atoms with van der Waals surface area (Å²) in [5.41, 5.74) is -0.636. The van der Waals surface area contributed by atoms with Gasteiger partial charge in [-0.25, -0.2) is 22.3 Å². The Morgan fingerprint density at radius 3 is 2.41 bits per heavy atom. The summed E-state index contributed by atoms with van der Waals surface area (Å²) in [5, 5.41) is 17.6. The zero-order chi connectivity index (χ0) is 23.8. The number of rotatable bonds is 8. The highest BCUT2D eigenvalue weighted by molar-refractivity contribution is 7.90. The lowest BCUT2D eigenvalue weighted by atomic mass is 10.1. The molecule has 1 heterocycles. The van der Waals surface area contributed by atoms with Crippen LogP contribution in [-0.4, -0.2) is 54.0 Å². The summed E-state index contributed by atoms with van der Waals surface area (Å²) in [5.74, 6) is -3.84. The Bertz CT molecular complexity index is 1240. The molecule has 1 amide bonds. The van der Waals surface area contributed by atoms with Gasteiger partial charge < -0.3 is 19.7 Å². The maximum Gasteiger partial charge on any atom is 0.341 e. The lowest BCUT2D eigenvalue weighted by Crippen LogP contribution is -2.29. The third kappa shape index (κ3) is 4.18. The summed E-state index contributed by atoms with van der Waals surface area (Å²) in [6, 6.07) is 4.80. The predicted molar refractivity (Wildman–Crippen MR) is 111 cm³/mol. The molecule has 2 aromatic rings. The van der Waals surface area contributed by atoms with Crippen molar-refractivity contribution in [2.45, 2.75) is 18.4 Å². The number of carbonyl (C=O) groups is 3. The molecular weight excluding hydrogens is 489 g/mol. The van der Waals surface area contributed by atoms with E-state index in [2.05, 4.69) is 0 Å². The van der Waals surface area contributed by atoms with Crippen LogP contribution in [0.1, 0.15) is 33.2 Å². The number of amides is 1. The molecule has 10 nitrogen and oxygen atoms in total. The van der Waals surface area contributed by atoms with Crippen LogP contribution in [0.3, 0.4) is 0 Å². The number of aromatic carboxylic acids is 1. The molecule has 0 spiro atoms. The minimum absolute atomic E-state index is 0.0403. The first-order chi connectivity index (χ1) is 15.0. The average Bonchev–Trinajstić information content (AvgIpc) is 2.89. The Morgan fingerprint density at radius 1 is 1.12 bits per heavy atom. The highest BCUT2D eigenvalue weighted by Crippen LogP contribution is 2.41. The third-order valence-corrected chi connectivity index (χ3v) is 6.91. The molecule has 170 valence electrons. The van der Waals surface area contributed by atoms with Crippen LogP contribution in [0.2, 0.25) is 10.0 Å². The molecule has 0 unspecified atom stereocenters. The second kappa shape index (κ2) is 8.85. The largest absolute Gasteiger partial charge is 0.493 e. The van der Waals surface area contributed by atoms with E-state index in [9.17, 15) is 27.9 Å². The lowest BCUT2D eigenvalue weighted by molar-refractivity contribution is -0.139. The van der Waals surface area contributed by atoms with Gasteiger partial charge in [-0.05, 0) is 18.6 Å². The van der Waals surface area contributed by atoms with Crippen LogP contribution in [-0.2, 0) is 21.4 Å². The van der Waals surface area contributed by atoms with Gasteiger partial charge in [0.2, 0.25) is 0 Å². The molecular formula is C19H15Cl2NO9S. The van der Waals surface area contributed by atoms with Crippen molar-refractivity contribution < 1.29 is 42.5 Å². The number of benzene rings is 2. The number of carboxylic acid groups (broad SMARTS) is 2. The summed E-state index contributed by atoms with van der Waals surface area (Å²) >= 11 is 12.0. The Labute approximate surface area is 191 Å². The number of ether oxygens (including phenoxy) is 2. The second-order valence-corrected chi connectivity index (χ2v) is 9.04. The van der Waals surface area contributed by atoms with Crippen molar-refractivity contribution in [2.24, 2.45) is 0 Å². The van der Waals surface area contributed by atoms with Crippen LogP contribution in [0, 0.1) is 0 Å². The molecule has 0 saturated heterocycles. The van der Waals surface area contributed by atoms with Gasteiger partial charge in [0, 0.05) is 12.1 Å². The molecule has 0 fully saturated rings. The number of hydrogen-bond donors (Lipinski definition) is 2. The normalized spacial score (nSPS) is 14.2. The van der Waals surface area contributed by atoms with Crippen LogP contribution >= 0.6 is 23.2 Å². The number of nitrogens with zero attached hydrogens (tertiary/aromatic N) is 1. The van der Waals surface area contributed by atoms with Crippen molar-refractivity contribution in [3.8, 4) is 11.5 Å². The van der Waals surface area contributed by atoms with Crippen LogP contribution < -0.4 is 9.47 Å². The van der Waals surface area contributed by atoms with Crippen molar-refractivity contribution in [1.82, 2.24) is 4.31 Å². The monoisotopic (exact) mass is 503 g/mol. The number of sulfonamides is 1. The molecule has 0 atom stereocenters. The molecule has 0 saturated carbocycles. The van der Waals surface area contributed by atoms with Crippen molar-refractivity contribution in [3.05, 3.63) is 51.0 Å². The van der Waals surface area contributed by atoms with Crippen molar-refractivity contribution in [3.63, 3.8) is 0 Å². The zero-order valence-electron chi connectivity index (χ0n) is 16.3. The molecule has 32 heavy (non-hydrogen) atoms. The van der Waals surface area contributed by atoms with E-state index in [0.29, 0.717) is 4.31 Å². The van der Waals surface area contributed by atoms with E-state index in [1.165, 1.54) is 18.2 Å². The number of fused-ring (bicyclic) bond motifs is 1. The maximum absolute atomic E-state index is 13.1. The Balaban J connectivity index is 2.08. The van der Waals surface area contributed by atoms with Gasteiger partial charge in [0.05, 0.1) is 28.8 Å². The minimum Gasteiger partial charge on any atom is -0.493 e. The summed E-state index contributed by atoms with van der Waals surface area (Å²) < 4.78 is 37.2. The van der Waals surface area contributed by atoms with E-state index < -0.39 is 51.5 Å². The molecule has 13 heteroatoms. The van der Waals surface area contributed by atoms with Gasteiger partial charge in [-0.1, -0.05) is 29.3 Å². The topological polar surface area (TPSA) is 148 Å². The van der Waals surface area contributed by atoms with Gasteiger partial charge in [0.15, 0.2) is 6.61 Å². The standard InChI is InChI=1S/C19H15Cl2NO9S/c1-2-30-12-5-10(31-8-14(23)24)6-13-16(12)18(25)22(32(13,28)29)7-9-3-4-11(20)15(17(9)21)19(26)27/h3-6H,2,7-8H2,1H3,(H,23,24)(H,26,27). The van der Waals surface area contributed by atoms with Crippen LogP contribution in [0.4, 0.5) is 0 Å². The van der Waals surface area contributed by atoms with Gasteiger partial charge in [-0.3, -0.25) is 4.79 Å². The Hall–Kier alpha value is -3.02. The highest BCUT2D eigenvalue weighted by atomic mass is 35.5. The molecule has 1 aliphatic heterocycles. The number of aliphatic carboxylic acids is 1. The maximum atomic E-state index is 13.1. The zero-order valence-corrected chi connectivity index (χ0v) is 18.6. The van der Waals surface area contributed by atoms with Gasteiger partial charge in [0.1, 0.15) is 22.0 Å². The number of hydrogen-bond acceptors (Lipinski definition) is 7. The van der Waals surface area contributed by atoms with Crippen molar-refractivity contribution in [2.75, 3.05) is 13.2 Å². The predicted octanol–water partition coefficient (Wildman–Crippen LogP) is 2.90. The first kappa shape index (κ1) is 23.6. The van der Waals surface area contributed by atoms with E-state index in [0.717, 1.165) is 6.07 Å². The molecule has 0 aromatic heterocycles. The summed E-state index contributed by atoms with van der Waals surface area (Å²) in [4.78, 5) is 34.8. The molecule has 0 bridgehead atoms. The molecule has 0 aliphatic carbocycles. The Kier molecular flexibility index (Phi) is 6.54. The van der Waals surface area contributed by atoms with Gasteiger partial charge in [0.25, 0.3) is 15.9 Å². The fraction of sp³-hybridized carbons (Fsp3) is 0.211. The van der Waals surface area contributed by atoms with E-state index in [1.54, 1.807) is 6.92 Å². The van der Waals surface area contributed by atoms with E-state index in [4.69, 9.17) is 37.8 Å². The third-order valence-electron chi connectivity index (χ3n) is 4.41. The van der Waals surface area contributed by atoms with Crippen LogP contribution in [0.5, 0.6) is 11.5 Å². The Morgan fingerprint density at radius 2 is 1.81 bits per heavy atom. The molecule has 1 aliphatic rings. The van der Waals surface area contributed by atoms with Crippen molar-refractivity contribution in [1.29, 1.82) is 0 Å². The van der Waals surface area contributed by atoms with E-state index >= 15 is 0 Å². The van der Waals surface area contributed by atoms with E-state index in [-0.39, 0.29) is 39.3 Å². The highest BCUT2D eigenvalue weighted by Gasteiger charge is 2.44. The van der Waals surface area contributed by atoms with Gasteiger partial charge in [-0.2, -0.15) is 0 Å². The SMILES string of the molecule is CCOc1cc(OCC(=O)O)cc2c1C(=O)N(Cc1ccc(Cl)c(C(=O)O)c1Cl)S2(=O)=O. The smallest absolute Gasteiger partial charge is 0.341 e. The fourth-order valence-electron chi connectivity index (χ4n) is 3.06. The molecule has 0 radical (unpaired) electrons. The first-order valence-electron chi connectivity index (χ1n) is 8.91. The lowest BCUT2D eigenvalue weighted by Gasteiger charge is -2.17. The number of carbonyl (C=O) groups excluding carboxylic acids is 1. The van der Waals surface area contributed by atoms with E-state index in [1.807, 2.05) is 0 Å². The second-order valence-electron chi connectivity index (χ2n) is 6.43. The van der Waals surface area contributed by atoms with Crippen LogP contribution in [0.15, 0.2) is 29.2 Å². The van der Waals surface area contributed by atoms with Crippen LogP contribution in [0.25, 0.3) is 0 Å². The van der Waals surface area contributed by atoms with Gasteiger partial charge in [-0.15, -0.1) is 0 Å². The summed E-state index contributed by atoms with van der Waals surface area (Å²) in [6.07, 6.45) is 0. The average molecular weight is 504 g/mol. The number of carboxylic acids is 2. The first-order valence-corrected chi connectivity index (χ1v) is 11.1. The molecule has 2 aromatic carbocycles. The molecule has 2 N–H and O–H groups in total. The summed E-state index contributed by atoms with van der Waals surface area (Å²) in [6.45, 7) is 0.403. The fourth-order valence-corrected chi connectivity index (χ4v) is 5.21. The minimum atomic E-state index is -4.42. The number of halogens is 2.